The number of rotatable bonds is 15. The molecule has 5 atom stereocenters. The highest BCUT2D eigenvalue weighted by Crippen LogP contribution is 2.19. The largest absolute Gasteiger partial charge is 0.394 e. The first kappa shape index (κ1) is 23.8. The average molecular weight is 376 g/mol. The summed E-state index contributed by atoms with van der Waals surface area (Å²) in [4.78, 5) is 0. The van der Waals surface area contributed by atoms with Crippen molar-refractivity contribution in [1.29, 1.82) is 0 Å². The predicted molar refractivity (Wildman–Crippen MR) is 103 cm³/mol. The van der Waals surface area contributed by atoms with Crippen molar-refractivity contribution >= 4 is 0 Å². The van der Waals surface area contributed by atoms with E-state index in [2.05, 4.69) is 12.2 Å². The summed E-state index contributed by atoms with van der Waals surface area (Å²) in [5.74, 6) is 0. The highest BCUT2D eigenvalue weighted by molar-refractivity contribution is 4.90. The number of hydrogen-bond donors (Lipinski definition) is 5. The fourth-order valence-corrected chi connectivity index (χ4v) is 3.48. The van der Waals surface area contributed by atoms with Gasteiger partial charge in [0.2, 0.25) is 0 Å². The van der Waals surface area contributed by atoms with E-state index >= 15 is 0 Å². The Hall–Kier alpha value is -0.240. The lowest BCUT2D eigenvalue weighted by Gasteiger charge is -2.40. The standard InChI is InChI=1S/C20H41NO5/c1-2-3-4-5-6-7-8-9-10-11-12-13-14-21-20-19(25)18(24)17(23)16(15-22)26-20/h16-25H,2-15H2,1H3/t16-,17-,18+,19-,20+/m1/s1. The van der Waals surface area contributed by atoms with Gasteiger partial charge in [-0.25, -0.2) is 0 Å². The first-order valence-electron chi connectivity index (χ1n) is 10.7. The maximum Gasteiger partial charge on any atom is 0.137 e. The molecule has 26 heavy (non-hydrogen) atoms. The predicted octanol–water partition coefficient (Wildman–Crippen LogP) is 2.08. The third kappa shape index (κ3) is 9.11. The van der Waals surface area contributed by atoms with Crippen molar-refractivity contribution in [3.63, 3.8) is 0 Å². The lowest BCUT2D eigenvalue weighted by Crippen LogP contribution is -2.62. The number of unbranched alkanes of at least 4 members (excludes halogenated alkanes) is 11. The molecule has 1 rings (SSSR count). The summed E-state index contributed by atoms with van der Waals surface area (Å²) >= 11 is 0. The fourth-order valence-electron chi connectivity index (χ4n) is 3.48. The molecule has 1 saturated heterocycles. The molecule has 0 aromatic carbocycles. The van der Waals surface area contributed by atoms with Crippen LogP contribution in [0.5, 0.6) is 0 Å². The van der Waals surface area contributed by atoms with Crippen molar-refractivity contribution in [3.8, 4) is 0 Å². The van der Waals surface area contributed by atoms with Gasteiger partial charge in [0.05, 0.1) is 6.61 Å². The molecule has 6 heteroatoms. The first-order valence-corrected chi connectivity index (χ1v) is 10.7. The van der Waals surface area contributed by atoms with Crippen molar-refractivity contribution in [1.82, 2.24) is 5.32 Å². The molecule has 5 N–H and O–H groups in total. The Morgan fingerprint density at radius 3 is 1.69 bits per heavy atom. The van der Waals surface area contributed by atoms with E-state index in [-0.39, 0.29) is 6.61 Å². The molecule has 0 aliphatic carbocycles. The van der Waals surface area contributed by atoms with Crippen LogP contribution in [0.25, 0.3) is 0 Å². The molecule has 0 aromatic rings. The third-order valence-corrected chi connectivity index (χ3v) is 5.27. The van der Waals surface area contributed by atoms with E-state index in [0.717, 1.165) is 12.8 Å². The number of aliphatic hydroxyl groups is 4. The Labute approximate surface area is 159 Å². The second-order valence-corrected chi connectivity index (χ2v) is 7.59. The van der Waals surface area contributed by atoms with E-state index in [4.69, 9.17) is 9.84 Å². The highest BCUT2D eigenvalue weighted by atomic mass is 16.6. The van der Waals surface area contributed by atoms with Gasteiger partial charge in [-0.15, -0.1) is 0 Å². The van der Waals surface area contributed by atoms with Crippen LogP contribution < -0.4 is 5.32 Å². The van der Waals surface area contributed by atoms with Crippen LogP contribution in [0.2, 0.25) is 0 Å². The monoisotopic (exact) mass is 375 g/mol. The topological polar surface area (TPSA) is 102 Å². The summed E-state index contributed by atoms with van der Waals surface area (Å²) < 4.78 is 5.42. The minimum absolute atomic E-state index is 0.387. The SMILES string of the molecule is CCCCCCCCCCCCCCN[C@H]1O[C@H](CO)[C@@H](O)[C@H](O)[C@H]1O. The first-order chi connectivity index (χ1) is 12.6. The molecule has 1 aliphatic rings. The minimum atomic E-state index is -1.31. The quantitative estimate of drug-likeness (QED) is 0.281. The van der Waals surface area contributed by atoms with Crippen LogP contribution in [0, 0.1) is 0 Å². The lowest BCUT2D eigenvalue weighted by molar-refractivity contribution is -0.236. The van der Waals surface area contributed by atoms with Crippen molar-refractivity contribution < 1.29 is 25.2 Å². The highest BCUT2D eigenvalue weighted by Gasteiger charge is 2.42. The second kappa shape index (κ2) is 14.8. The second-order valence-electron chi connectivity index (χ2n) is 7.59. The van der Waals surface area contributed by atoms with E-state index in [1.54, 1.807) is 0 Å². The summed E-state index contributed by atoms with van der Waals surface area (Å²) in [6.07, 6.45) is 10.1. The minimum Gasteiger partial charge on any atom is -0.394 e. The van der Waals surface area contributed by atoms with Gasteiger partial charge in [0.1, 0.15) is 30.6 Å². The van der Waals surface area contributed by atoms with Crippen LogP contribution in [0.4, 0.5) is 0 Å². The van der Waals surface area contributed by atoms with Crippen LogP contribution >= 0.6 is 0 Å². The summed E-state index contributed by atoms with van der Waals surface area (Å²) in [6.45, 7) is 2.54. The molecule has 0 saturated carbocycles. The molecule has 0 amide bonds. The van der Waals surface area contributed by atoms with E-state index in [9.17, 15) is 15.3 Å². The molecule has 0 unspecified atom stereocenters. The Bertz CT molecular complexity index is 329. The van der Waals surface area contributed by atoms with Gasteiger partial charge >= 0.3 is 0 Å². The average Bonchev–Trinajstić information content (AvgIpc) is 2.65. The molecule has 6 nitrogen and oxygen atoms in total. The summed E-state index contributed by atoms with van der Waals surface area (Å²) in [5, 5.41) is 41.6. The van der Waals surface area contributed by atoms with Gasteiger partial charge in [-0.2, -0.15) is 0 Å². The van der Waals surface area contributed by atoms with E-state index in [1.807, 2.05) is 0 Å². The molecule has 1 aliphatic heterocycles. The molecule has 156 valence electrons. The summed E-state index contributed by atoms with van der Waals surface area (Å²) in [5.41, 5.74) is 0. The maximum atomic E-state index is 9.93. The van der Waals surface area contributed by atoms with Crippen LogP contribution in [0.3, 0.4) is 0 Å². The smallest absolute Gasteiger partial charge is 0.137 e. The van der Waals surface area contributed by atoms with Gasteiger partial charge in [0.15, 0.2) is 0 Å². The van der Waals surface area contributed by atoms with E-state index < -0.39 is 30.6 Å². The Morgan fingerprint density at radius 2 is 1.19 bits per heavy atom. The number of ether oxygens (including phenoxy) is 1. The van der Waals surface area contributed by atoms with Crippen LogP contribution in [0.15, 0.2) is 0 Å². The van der Waals surface area contributed by atoms with Crippen molar-refractivity contribution in [3.05, 3.63) is 0 Å². The number of aliphatic hydroxyl groups excluding tert-OH is 4. The number of nitrogens with one attached hydrogen (secondary N) is 1. The molecule has 0 radical (unpaired) electrons. The molecule has 0 aromatic heterocycles. The van der Waals surface area contributed by atoms with E-state index in [1.165, 1.54) is 64.2 Å². The molecule has 1 heterocycles. The zero-order chi connectivity index (χ0) is 19.2. The van der Waals surface area contributed by atoms with Crippen LogP contribution in [0.1, 0.15) is 84.0 Å². The molecule has 1 fully saturated rings. The zero-order valence-corrected chi connectivity index (χ0v) is 16.5. The molecular formula is C20H41NO5. The van der Waals surface area contributed by atoms with Gasteiger partial charge in [0, 0.05) is 0 Å². The van der Waals surface area contributed by atoms with Crippen molar-refractivity contribution in [2.45, 2.75) is 115 Å². The Balaban J connectivity index is 1.95. The maximum absolute atomic E-state index is 9.93. The normalized spacial score (nSPS) is 29.2. The Morgan fingerprint density at radius 1 is 0.692 bits per heavy atom. The van der Waals surface area contributed by atoms with Crippen LogP contribution in [-0.4, -0.2) is 64.2 Å². The van der Waals surface area contributed by atoms with Gasteiger partial charge in [0.25, 0.3) is 0 Å². The van der Waals surface area contributed by atoms with Crippen molar-refractivity contribution in [2.24, 2.45) is 0 Å². The zero-order valence-electron chi connectivity index (χ0n) is 16.5. The summed E-state index contributed by atoms with van der Waals surface area (Å²) in [6, 6.07) is 0. The fraction of sp³-hybridized carbons (Fsp3) is 1.00. The van der Waals surface area contributed by atoms with Gasteiger partial charge < -0.3 is 25.2 Å². The molecular weight excluding hydrogens is 334 g/mol. The lowest BCUT2D eigenvalue weighted by atomic mass is 9.98. The van der Waals surface area contributed by atoms with Crippen LogP contribution in [-0.2, 0) is 4.74 Å². The van der Waals surface area contributed by atoms with Gasteiger partial charge in [-0.1, -0.05) is 77.6 Å². The third-order valence-electron chi connectivity index (χ3n) is 5.27. The Kier molecular flexibility index (Phi) is 13.5. The van der Waals surface area contributed by atoms with E-state index in [0.29, 0.717) is 6.54 Å². The van der Waals surface area contributed by atoms with Gasteiger partial charge in [-0.3, -0.25) is 5.32 Å². The van der Waals surface area contributed by atoms with Crippen molar-refractivity contribution in [2.75, 3.05) is 13.2 Å². The molecule has 0 spiro atoms. The summed E-state index contributed by atoms with van der Waals surface area (Å²) in [7, 11) is 0. The molecule has 0 bridgehead atoms. The van der Waals surface area contributed by atoms with Gasteiger partial charge in [-0.05, 0) is 13.0 Å². The number of hydrogen-bond acceptors (Lipinski definition) is 6.